The van der Waals surface area contributed by atoms with Gasteiger partial charge in [0.2, 0.25) is 5.91 Å². The summed E-state index contributed by atoms with van der Waals surface area (Å²) in [5.74, 6) is -0.335. The fraction of sp³-hybridized carbons (Fsp3) is 0.143. The molecule has 0 unspecified atom stereocenters. The largest absolute Gasteiger partial charge is 0.353 e. The van der Waals surface area contributed by atoms with Crippen LogP contribution in [0.4, 0.5) is 4.39 Å². The number of nitrogens with zero attached hydrogens (tertiary/aromatic N) is 2. The van der Waals surface area contributed by atoms with Crippen LogP contribution in [0.15, 0.2) is 42.7 Å². The van der Waals surface area contributed by atoms with Gasteiger partial charge in [-0.25, -0.2) is 9.07 Å². The molecule has 0 saturated carbocycles. The molecule has 0 radical (unpaired) electrons. The molecule has 5 heteroatoms. The van der Waals surface area contributed by atoms with Gasteiger partial charge in [-0.05, 0) is 24.3 Å². The lowest BCUT2D eigenvalue weighted by Gasteiger charge is -1.99. The first kappa shape index (κ1) is 13.0. The van der Waals surface area contributed by atoms with E-state index in [1.165, 1.54) is 19.1 Å². The van der Waals surface area contributed by atoms with E-state index in [1.807, 2.05) is 18.3 Å². The van der Waals surface area contributed by atoms with Gasteiger partial charge in [0.15, 0.2) is 0 Å². The van der Waals surface area contributed by atoms with Gasteiger partial charge in [-0.3, -0.25) is 4.79 Å². The summed E-state index contributed by atoms with van der Waals surface area (Å²) in [6, 6.07) is 6.10. The van der Waals surface area contributed by atoms with Gasteiger partial charge in [-0.15, -0.1) is 0 Å². The zero-order valence-electron chi connectivity index (χ0n) is 10.5. The minimum Gasteiger partial charge on any atom is -0.353 e. The molecule has 19 heavy (non-hydrogen) atoms. The molecule has 2 rings (SSSR count). The Morgan fingerprint density at radius 1 is 1.42 bits per heavy atom. The van der Waals surface area contributed by atoms with Gasteiger partial charge in [0.05, 0.1) is 11.9 Å². The van der Waals surface area contributed by atoms with Gasteiger partial charge in [-0.2, -0.15) is 5.10 Å². The average Bonchev–Trinajstić information content (AvgIpc) is 2.84. The lowest BCUT2D eigenvalue weighted by atomic mass is 10.3. The van der Waals surface area contributed by atoms with Crippen LogP contribution < -0.4 is 5.32 Å². The van der Waals surface area contributed by atoms with E-state index in [2.05, 4.69) is 10.4 Å². The van der Waals surface area contributed by atoms with Crippen molar-refractivity contribution in [2.45, 2.75) is 6.92 Å². The summed E-state index contributed by atoms with van der Waals surface area (Å²) in [5, 5.41) is 6.85. The second-order valence-corrected chi connectivity index (χ2v) is 4.03. The lowest BCUT2D eigenvalue weighted by Crippen LogP contribution is -2.19. The number of aromatic nitrogens is 2. The van der Waals surface area contributed by atoms with Gasteiger partial charge in [0, 0.05) is 25.2 Å². The number of rotatable bonds is 4. The lowest BCUT2D eigenvalue weighted by molar-refractivity contribution is -0.118. The molecule has 0 bridgehead atoms. The summed E-state index contributed by atoms with van der Waals surface area (Å²) in [5.41, 5.74) is 1.71. The Balaban J connectivity index is 2.02. The molecule has 1 heterocycles. The molecule has 0 aliphatic rings. The Morgan fingerprint density at radius 2 is 2.16 bits per heavy atom. The molecule has 0 aliphatic carbocycles. The van der Waals surface area contributed by atoms with Crippen LogP contribution in [0.1, 0.15) is 12.5 Å². The molecule has 0 aliphatic heterocycles. The molecule has 2 aromatic rings. The van der Waals surface area contributed by atoms with E-state index < -0.39 is 0 Å². The van der Waals surface area contributed by atoms with Crippen LogP contribution in [-0.2, 0) is 4.79 Å². The predicted octanol–water partition coefficient (Wildman–Crippen LogP) is 2.16. The van der Waals surface area contributed by atoms with E-state index in [0.29, 0.717) is 6.54 Å². The van der Waals surface area contributed by atoms with Crippen molar-refractivity contribution >= 4 is 12.0 Å². The number of benzene rings is 1. The highest BCUT2D eigenvalue weighted by Gasteiger charge is 1.99. The minimum absolute atomic E-state index is 0.0633. The first-order valence-corrected chi connectivity index (χ1v) is 5.87. The molecule has 1 amide bonds. The number of nitrogens with one attached hydrogen (secondary N) is 1. The predicted molar refractivity (Wildman–Crippen MR) is 71.2 cm³/mol. The highest BCUT2D eigenvalue weighted by Crippen LogP contribution is 2.10. The maximum absolute atomic E-state index is 12.8. The van der Waals surface area contributed by atoms with Gasteiger partial charge in [0.1, 0.15) is 5.82 Å². The molecule has 0 atom stereocenters. The molecular weight excluding hydrogens is 245 g/mol. The summed E-state index contributed by atoms with van der Waals surface area (Å²) >= 11 is 0. The minimum atomic E-state index is -0.272. The Bertz CT molecular complexity index is 587. The van der Waals surface area contributed by atoms with E-state index in [9.17, 15) is 9.18 Å². The second-order valence-electron chi connectivity index (χ2n) is 4.03. The SMILES string of the molecule is CC(=O)NCC=Cc1cnn(-c2ccc(F)cc2)c1. The van der Waals surface area contributed by atoms with Crippen molar-refractivity contribution < 1.29 is 9.18 Å². The van der Waals surface area contributed by atoms with Crippen LogP contribution >= 0.6 is 0 Å². The van der Waals surface area contributed by atoms with Crippen LogP contribution in [0.5, 0.6) is 0 Å². The van der Waals surface area contributed by atoms with Crippen LogP contribution in [0.3, 0.4) is 0 Å². The summed E-state index contributed by atoms with van der Waals surface area (Å²) in [7, 11) is 0. The first-order chi connectivity index (χ1) is 9.15. The van der Waals surface area contributed by atoms with E-state index >= 15 is 0 Å². The molecule has 0 saturated heterocycles. The van der Waals surface area contributed by atoms with Crippen molar-refractivity contribution in [2.24, 2.45) is 0 Å². The summed E-state index contributed by atoms with van der Waals surface area (Å²) < 4.78 is 14.5. The highest BCUT2D eigenvalue weighted by molar-refractivity contribution is 5.73. The van der Waals surface area contributed by atoms with E-state index in [0.717, 1.165) is 11.3 Å². The van der Waals surface area contributed by atoms with Crippen molar-refractivity contribution in [3.05, 3.63) is 54.1 Å². The van der Waals surface area contributed by atoms with Crippen molar-refractivity contribution in [1.29, 1.82) is 0 Å². The number of amides is 1. The third kappa shape index (κ3) is 3.77. The average molecular weight is 259 g/mol. The van der Waals surface area contributed by atoms with E-state index in [4.69, 9.17) is 0 Å². The molecule has 1 aromatic carbocycles. The van der Waals surface area contributed by atoms with Crippen molar-refractivity contribution in [3.63, 3.8) is 0 Å². The zero-order chi connectivity index (χ0) is 13.7. The van der Waals surface area contributed by atoms with Gasteiger partial charge >= 0.3 is 0 Å². The monoisotopic (exact) mass is 259 g/mol. The number of hydrogen-bond acceptors (Lipinski definition) is 2. The second kappa shape index (κ2) is 5.95. The standard InChI is InChI=1S/C14H14FN3O/c1-11(19)16-8-2-3-12-9-17-18(10-12)14-6-4-13(15)5-7-14/h2-7,9-10H,8H2,1H3,(H,16,19). The maximum atomic E-state index is 12.8. The molecular formula is C14H14FN3O. The van der Waals surface area contributed by atoms with E-state index in [1.54, 1.807) is 23.0 Å². The molecule has 98 valence electrons. The molecule has 0 spiro atoms. The van der Waals surface area contributed by atoms with Crippen LogP contribution in [-0.4, -0.2) is 22.2 Å². The Labute approximate surface area is 110 Å². The summed E-state index contributed by atoms with van der Waals surface area (Å²) in [4.78, 5) is 10.7. The first-order valence-electron chi connectivity index (χ1n) is 5.87. The third-order valence-corrected chi connectivity index (χ3v) is 2.47. The maximum Gasteiger partial charge on any atom is 0.217 e. The van der Waals surface area contributed by atoms with E-state index in [-0.39, 0.29) is 11.7 Å². The Hall–Kier alpha value is -2.43. The van der Waals surface area contributed by atoms with Gasteiger partial charge in [0.25, 0.3) is 0 Å². The smallest absolute Gasteiger partial charge is 0.217 e. The quantitative estimate of drug-likeness (QED) is 0.914. The van der Waals surface area contributed by atoms with Crippen molar-refractivity contribution in [2.75, 3.05) is 6.54 Å². The summed E-state index contributed by atoms with van der Waals surface area (Å²) in [6.07, 6.45) is 7.24. The fourth-order valence-corrected chi connectivity index (χ4v) is 1.56. The van der Waals surface area contributed by atoms with Gasteiger partial charge in [-0.1, -0.05) is 12.2 Å². The highest BCUT2D eigenvalue weighted by atomic mass is 19.1. The number of halogens is 1. The molecule has 0 fully saturated rings. The normalized spacial score (nSPS) is 10.8. The van der Waals surface area contributed by atoms with Crippen molar-refractivity contribution in [3.8, 4) is 5.69 Å². The van der Waals surface area contributed by atoms with Crippen LogP contribution in [0.2, 0.25) is 0 Å². The Morgan fingerprint density at radius 3 is 2.84 bits per heavy atom. The van der Waals surface area contributed by atoms with Crippen molar-refractivity contribution in [1.82, 2.24) is 15.1 Å². The van der Waals surface area contributed by atoms with Crippen LogP contribution in [0.25, 0.3) is 11.8 Å². The van der Waals surface area contributed by atoms with Crippen LogP contribution in [0, 0.1) is 5.82 Å². The number of carbonyl (C=O) groups is 1. The number of carbonyl (C=O) groups excluding carboxylic acids is 1. The molecule has 4 nitrogen and oxygen atoms in total. The third-order valence-electron chi connectivity index (χ3n) is 2.47. The fourth-order valence-electron chi connectivity index (χ4n) is 1.56. The molecule has 1 aromatic heterocycles. The molecule has 1 N–H and O–H groups in total. The van der Waals surface area contributed by atoms with Gasteiger partial charge < -0.3 is 5.32 Å². The summed E-state index contributed by atoms with van der Waals surface area (Å²) in [6.45, 7) is 1.96. The number of hydrogen-bond donors (Lipinski definition) is 1. The topological polar surface area (TPSA) is 46.9 Å². The zero-order valence-corrected chi connectivity index (χ0v) is 10.5. The Kier molecular flexibility index (Phi) is 4.07.